The van der Waals surface area contributed by atoms with Crippen LogP contribution in [0.15, 0.2) is 24.3 Å². The third kappa shape index (κ3) is 2.74. The number of hydrogen-bond acceptors (Lipinski definition) is 7. The molecule has 2 aliphatic heterocycles. The molecule has 2 aliphatic rings. The molecule has 1 amide bonds. The van der Waals surface area contributed by atoms with Crippen LogP contribution in [0.4, 0.5) is 5.69 Å². The summed E-state index contributed by atoms with van der Waals surface area (Å²) in [6.07, 6.45) is -0.895. The number of ketones is 1. The minimum absolute atomic E-state index is 0.0851. The minimum atomic E-state index is -1.30. The van der Waals surface area contributed by atoms with Crippen LogP contribution in [0.25, 0.3) is 0 Å². The minimum Gasteiger partial charge on any atom is -0.459 e. The van der Waals surface area contributed by atoms with Gasteiger partial charge >= 0.3 is 5.97 Å². The van der Waals surface area contributed by atoms with Gasteiger partial charge in [0.1, 0.15) is 6.61 Å². The summed E-state index contributed by atoms with van der Waals surface area (Å²) >= 11 is 0. The zero-order valence-corrected chi connectivity index (χ0v) is 14.2. The number of fused-ring (bicyclic) bond motifs is 1. The Morgan fingerprint density at radius 1 is 1.35 bits per heavy atom. The average molecular weight is 362 g/mol. The second-order valence-corrected chi connectivity index (χ2v) is 6.63. The van der Waals surface area contributed by atoms with Gasteiger partial charge in [-0.25, -0.2) is 4.79 Å². The first kappa shape index (κ1) is 18.0. The Bertz CT molecular complexity index is 774. The molecule has 2 saturated heterocycles. The molecule has 0 bridgehead atoms. The molecule has 138 valence electrons. The van der Waals surface area contributed by atoms with Gasteiger partial charge in [0, 0.05) is 18.1 Å². The fourth-order valence-electron chi connectivity index (χ4n) is 3.63. The molecule has 0 aliphatic carbocycles. The summed E-state index contributed by atoms with van der Waals surface area (Å²) in [6, 6.07) is 3.68. The number of nitro groups is 1. The number of amides is 1. The lowest BCUT2D eigenvalue weighted by atomic mass is 9.79. The largest absolute Gasteiger partial charge is 0.459 e. The van der Waals surface area contributed by atoms with Crippen LogP contribution in [0.1, 0.15) is 19.4 Å². The van der Waals surface area contributed by atoms with Crippen LogP contribution in [0.2, 0.25) is 0 Å². The number of aliphatic hydroxyl groups is 1. The summed E-state index contributed by atoms with van der Waals surface area (Å²) in [5, 5.41) is 20.3. The lowest BCUT2D eigenvalue weighted by Crippen LogP contribution is -2.65. The number of aliphatic hydroxyl groups excluding tert-OH is 1. The first-order valence-electron chi connectivity index (χ1n) is 8.18. The second kappa shape index (κ2) is 6.49. The lowest BCUT2D eigenvalue weighted by Gasteiger charge is -2.46. The topological polar surface area (TPSA) is 127 Å². The summed E-state index contributed by atoms with van der Waals surface area (Å²) in [5.41, 5.74) is 0.439. The molecule has 0 spiro atoms. The maximum atomic E-state index is 12.4. The Morgan fingerprint density at radius 3 is 2.50 bits per heavy atom. The fourth-order valence-corrected chi connectivity index (χ4v) is 3.63. The lowest BCUT2D eigenvalue weighted by molar-refractivity contribution is -0.384. The molecular formula is C17H18N2O7. The monoisotopic (exact) mass is 362 g/mol. The molecule has 1 aromatic carbocycles. The highest BCUT2D eigenvalue weighted by Gasteiger charge is 2.64. The van der Waals surface area contributed by atoms with Crippen LogP contribution >= 0.6 is 0 Å². The highest BCUT2D eigenvalue weighted by Crippen LogP contribution is 2.43. The summed E-state index contributed by atoms with van der Waals surface area (Å²) in [5.74, 6) is -2.90. The Hall–Kier alpha value is -2.81. The van der Waals surface area contributed by atoms with Crippen LogP contribution in [0.3, 0.4) is 0 Å². The first-order chi connectivity index (χ1) is 12.2. The Kier molecular flexibility index (Phi) is 4.49. The van der Waals surface area contributed by atoms with Gasteiger partial charge in [-0.15, -0.1) is 0 Å². The second-order valence-electron chi connectivity index (χ2n) is 6.63. The van der Waals surface area contributed by atoms with Gasteiger partial charge in [0.25, 0.3) is 5.69 Å². The SMILES string of the molecule is C[C@H]1C(=O)C(C(=O)OCc2ccc([N+](=O)[O-])cc2)N2C(=O)[C@H]([C@@H](C)O)C12. The van der Waals surface area contributed by atoms with E-state index in [4.69, 9.17) is 4.74 Å². The van der Waals surface area contributed by atoms with Crippen molar-refractivity contribution in [1.29, 1.82) is 0 Å². The standard InChI is InChI=1S/C17H18N2O7/c1-8-13-12(9(2)20)16(22)18(13)14(15(8)21)17(23)26-7-10-3-5-11(6-4-10)19(24)25/h3-6,8-9,12-14,20H,7H2,1-2H3/t8-,9-,12-,13?,14?/m1/s1. The number of hydrogen-bond donors (Lipinski definition) is 1. The van der Waals surface area contributed by atoms with E-state index in [-0.39, 0.29) is 12.3 Å². The van der Waals surface area contributed by atoms with Crippen LogP contribution in [0, 0.1) is 22.0 Å². The van der Waals surface area contributed by atoms with Gasteiger partial charge in [-0.1, -0.05) is 6.92 Å². The third-order valence-electron chi connectivity index (χ3n) is 5.01. The van der Waals surface area contributed by atoms with E-state index in [9.17, 15) is 29.6 Å². The number of Topliss-reactive ketones (excluding diaryl/α,β-unsaturated/α-hetero) is 1. The molecule has 9 nitrogen and oxygen atoms in total. The highest BCUT2D eigenvalue weighted by molar-refractivity contribution is 6.12. The number of nitro benzene ring substituents is 1. The van der Waals surface area contributed by atoms with E-state index in [0.717, 1.165) is 0 Å². The van der Waals surface area contributed by atoms with Gasteiger partial charge in [-0.3, -0.25) is 19.7 Å². The molecule has 1 aromatic rings. The van der Waals surface area contributed by atoms with Crippen LogP contribution in [-0.2, 0) is 25.7 Å². The predicted octanol–water partition coefficient (Wildman–Crippen LogP) is 0.433. The molecule has 2 unspecified atom stereocenters. The van der Waals surface area contributed by atoms with Crippen molar-refractivity contribution in [2.45, 2.75) is 38.6 Å². The van der Waals surface area contributed by atoms with Gasteiger partial charge in [0.15, 0.2) is 11.8 Å². The van der Waals surface area contributed by atoms with Gasteiger partial charge in [-0.2, -0.15) is 0 Å². The molecule has 1 N–H and O–H groups in total. The zero-order valence-electron chi connectivity index (χ0n) is 14.2. The number of β-lactam (4-membered cyclic amide) rings is 1. The highest BCUT2D eigenvalue weighted by atomic mass is 16.6. The van der Waals surface area contributed by atoms with E-state index in [2.05, 4.69) is 0 Å². The smallest absolute Gasteiger partial charge is 0.337 e. The molecule has 9 heteroatoms. The molecule has 2 fully saturated rings. The third-order valence-corrected chi connectivity index (χ3v) is 5.01. The quantitative estimate of drug-likeness (QED) is 0.265. The van der Waals surface area contributed by atoms with Crippen molar-refractivity contribution in [1.82, 2.24) is 4.90 Å². The van der Waals surface area contributed by atoms with Gasteiger partial charge < -0.3 is 14.7 Å². The maximum Gasteiger partial charge on any atom is 0.337 e. The van der Waals surface area contributed by atoms with E-state index in [1.807, 2.05) is 0 Å². The van der Waals surface area contributed by atoms with Crippen molar-refractivity contribution in [2.75, 3.05) is 0 Å². The summed E-state index contributed by atoms with van der Waals surface area (Å²) in [7, 11) is 0. The number of rotatable bonds is 5. The number of non-ortho nitro benzene ring substituents is 1. The van der Waals surface area contributed by atoms with Crippen molar-refractivity contribution in [3.05, 3.63) is 39.9 Å². The van der Waals surface area contributed by atoms with Crippen molar-refractivity contribution < 1.29 is 29.2 Å². The van der Waals surface area contributed by atoms with E-state index < -0.39 is 52.6 Å². The molecule has 2 heterocycles. The van der Waals surface area contributed by atoms with Crippen LogP contribution < -0.4 is 0 Å². The summed E-state index contributed by atoms with van der Waals surface area (Å²) in [6.45, 7) is 2.95. The van der Waals surface area contributed by atoms with Gasteiger partial charge in [0.2, 0.25) is 5.91 Å². The van der Waals surface area contributed by atoms with Gasteiger partial charge in [-0.05, 0) is 24.6 Å². The predicted molar refractivity (Wildman–Crippen MR) is 86.7 cm³/mol. The van der Waals surface area contributed by atoms with E-state index in [0.29, 0.717) is 5.56 Å². The molecule has 0 saturated carbocycles. The van der Waals surface area contributed by atoms with Crippen LogP contribution in [0.5, 0.6) is 0 Å². The van der Waals surface area contributed by atoms with Crippen molar-refractivity contribution in [3.8, 4) is 0 Å². The van der Waals surface area contributed by atoms with Crippen LogP contribution in [-0.4, -0.2) is 50.8 Å². The van der Waals surface area contributed by atoms with E-state index >= 15 is 0 Å². The fraction of sp³-hybridized carbons (Fsp3) is 0.471. The Balaban J connectivity index is 1.67. The molecule has 5 atom stereocenters. The van der Waals surface area contributed by atoms with Crippen molar-refractivity contribution >= 4 is 23.3 Å². The average Bonchev–Trinajstić information content (AvgIpc) is 2.81. The number of carbonyl (C=O) groups excluding carboxylic acids is 3. The van der Waals surface area contributed by atoms with E-state index in [1.165, 1.54) is 36.1 Å². The van der Waals surface area contributed by atoms with E-state index in [1.54, 1.807) is 6.92 Å². The first-order valence-corrected chi connectivity index (χ1v) is 8.18. The van der Waals surface area contributed by atoms with Crippen molar-refractivity contribution in [2.24, 2.45) is 11.8 Å². The number of esters is 1. The molecule has 3 rings (SSSR count). The Morgan fingerprint density at radius 2 is 1.96 bits per heavy atom. The number of nitrogens with zero attached hydrogens (tertiary/aromatic N) is 2. The number of carbonyl (C=O) groups is 3. The van der Waals surface area contributed by atoms with Gasteiger partial charge in [0.05, 0.1) is 23.0 Å². The molecule has 0 radical (unpaired) electrons. The summed E-state index contributed by atoms with van der Waals surface area (Å²) in [4.78, 5) is 48.2. The number of ether oxygens (including phenoxy) is 1. The maximum absolute atomic E-state index is 12.4. The summed E-state index contributed by atoms with van der Waals surface area (Å²) < 4.78 is 5.14. The van der Waals surface area contributed by atoms with Crippen molar-refractivity contribution in [3.63, 3.8) is 0 Å². The zero-order chi connectivity index (χ0) is 19.2. The molecule has 0 aromatic heterocycles. The normalized spacial score (nSPS) is 28.3. The Labute approximate surface area is 148 Å². The molecule has 26 heavy (non-hydrogen) atoms. The number of benzene rings is 1. The molecular weight excluding hydrogens is 344 g/mol.